The molecule has 0 aliphatic rings. The van der Waals surface area contributed by atoms with Crippen molar-refractivity contribution in [1.82, 2.24) is 0 Å². The molecule has 0 saturated heterocycles. The summed E-state index contributed by atoms with van der Waals surface area (Å²) < 4.78 is 5.34. The van der Waals surface area contributed by atoms with E-state index < -0.39 is 5.97 Å². The van der Waals surface area contributed by atoms with Gasteiger partial charge in [-0.15, -0.1) is 0 Å². The minimum atomic E-state index is -0.560. The molecule has 0 aliphatic carbocycles. The summed E-state index contributed by atoms with van der Waals surface area (Å²) >= 11 is 0. The van der Waals surface area contributed by atoms with Crippen molar-refractivity contribution >= 4 is 16.7 Å². The molecule has 0 spiro atoms. The summed E-state index contributed by atoms with van der Waals surface area (Å²) in [5, 5.41) is 1.92. The Balaban J connectivity index is 1.83. The van der Waals surface area contributed by atoms with Gasteiger partial charge in [0.15, 0.2) is 0 Å². The first-order valence-electron chi connectivity index (χ1n) is 6.59. The second-order valence-electron chi connectivity index (χ2n) is 4.48. The highest BCUT2D eigenvalue weighted by Gasteiger charge is 2.05. The Morgan fingerprint density at radius 1 is 0.810 bits per heavy atom. The molecule has 0 N–H and O–H groups in total. The monoisotopic (exact) mass is 272 g/mol. The second-order valence-corrected chi connectivity index (χ2v) is 4.48. The molecular formula is C19H12O2. The zero-order valence-electron chi connectivity index (χ0n) is 11.2. The van der Waals surface area contributed by atoms with Crippen molar-refractivity contribution in [3.8, 4) is 17.6 Å². The first-order chi connectivity index (χ1) is 10.3. The van der Waals surface area contributed by atoms with Gasteiger partial charge in [-0.2, -0.15) is 0 Å². The molecule has 0 radical (unpaired) electrons. The molecule has 0 fully saturated rings. The fourth-order valence-corrected chi connectivity index (χ4v) is 2.05. The third-order valence-electron chi connectivity index (χ3n) is 3.03. The van der Waals surface area contributed by atoms with Gasteiger partial charge in [-0.3, -0.25) is 0 Å². The minimum absolute atomic E-state index is 0.528. The summed E-state index contributed by atoms with van der Waals surface area (Å²) in [6.45, 7) is 0. The van der Waals surface area contributed by atoms with Crippen LogP contribution in [-0.4, -0.2) is 5.97 Å². The summed E-state index contributed by atoms with van der Waals surface area (Å²) in [4.78, 5) is 11.8. The third-order valence-corrected chi connectivity index (χ3v) is 3.03. The van der Waals surface area contributed by atoms with Gasteiger partial charge in [-0.1, -0.05) is 60.5 Å². The van der Waals surface area contributed by atoms with Gasteiger partial charge in [-0.25, -0.2) is 4.79 Å². The molecule has 0 aliphatic heterocycles. The molecule has 3 aromatic carbocycles. The standard InChI is InChI=1S/C19H12O2/c20-19(14-13-15-7-2-1-3-8-15)21-18-12-6-10-16-9-4-5-11-17(16)18/h1-12H. The molecule has 0 unspecified atom stereocenters. The molecule has 3 aromatic rings. The van der Waals surface area contributed by atoms with E-state index in [4.69, 9.17) is 4.74 Å². The van der Waals surface area contributed by atoms with Crippen molar-refractivity contribution in [2.75, 3.05) is 0 Å². The van der Waals surface area contributed by atoms with E-state index in [-0.39, 0.29) is 0 Å². The van der Waals surface area contributed by atoms with Crippen molar-refractivity contribution in [3.63, 3.8) is 0 Å². The second kappa shape index (κ2) is 5.94. The maximum Gasteiger partial charge on any atom is 0.390 e. The Kier molecular flexibility index (Phi) is 3.66. The van der Waals surface area contributed by atoms with Crippen molar-refractivity contribution in [3.05, 3.63) is 78.4 Å². The van der Waals surface area contributed by atoms with Crippen LogP contribution in [0.5, 0.6) is 5.75 Å². The Hall–Kier alpha value is -3.05. The van der Waals surface area contributed by atoms with Crippen LogP contribution in [0.4, 0.5) is 0 Å². The molecule has 0 heterocycles. The highest BCUT2D eigenvalue weighted by molar-refractivity contribution is 5.95. The molecule has 0 bridgehead atoms. The van der Waals surface area contributed by atoms with E-state index in [1.165, 1.54) is 0 Å². The average molecular weight is 272 g/mol. The Bertz CT molecular complexity index is 834. The number of carbonyl (C=O) groups is 1. The SMILES string of the molecule is O=C(C#Cc1ccccc1)Oc1cccc2ccccc12. The van der Waals surface area contributed by atoms with E-state index in [1.54, 1.807) is 6.07 Å². The first kappa shape index (κ1) is 13.0. The molecule has 0 saturated carbocycles. The lowest BCUT2D eigenvalue weighted by atomic mass is 10.1. The van der Waals surface area contributed by atoms with E-state index in [1.807, 2.05) is 66.7 Å². The summed E-state index contributed by atoms with van der Waals surface area (Å²) in [7, 11) is 0. The number of rotatable bonds is 1. The van der Waals surface area contributed by atoms with Gasteiger partial charge in [0, 0.05) is 16.9 Å². The summed E-state index contributed by atoms with van der Waals surface area (Å²) in [6, 6.07) is 22.7. The lowest BCUT2D eigenvalue weighted by Gasteiger charge is -2.04. The summed E-state index contributed by atoms with van der Waals surface area (Å²) in [5.74, 6) is 5.26. The zero-order chi connectivity index (χ0) is 14.5. The van der Waals surface area contributed by atoms with Crippen LogP contribution in [-0.2, 0) is 4.79 Å². The summed E-state index contributed by atoms with van der Waals surface area (Å²) in [5.41, 5.74) is 0.785. The van der Waals surface area contributed by atoms with Gasteiger partial charge in [0.2, 0.25) is 0 Å². The normalized spacial score (nSPS) is 9.71. The van der Waals surface area contributed by atoms with Gasteiger partial charge >= 0.3 is 5.97 Å². The fraction of sp³-hybridized carbons (Fsp3) is 0. The van der Waals surface area contributed by atoms with Gasteiger partial charge in [0.05, 0.1) is 0 Å². The molecule has 21 heavy (non-hydrogen) atoms. The number of hydrogen-bond donors (Lipinski definition) is 0. The number of esters is 1. The van der Waals surface area contributed by atoms with Crippen LogP contribution in [0.1, 0.15) is 5.56 Å². The fourth-order valence-electron chi connectivity index (χ4n) is 2.05. The van der Waals surface area contributed by atoms with Gasteiger partial charge in [-0.05, 0) is 23.6 Å². The first-order valence-corrected chi connectivity index (χ1v) is 6.59. The quantitative estimate of drug-likeness (QED) is 0.382. The topological polar surface area (TPSA) is 26.3 Å². The van der Waals surface area contributed by atoms with E-state index in [0.717, 1.165) is 16.3 Å². The predicted molar refractivity (Wildman–Crippen MR) is 82.9 cm³/mol. The van der Waals surface area contributed by atoms with Crippen LogP contribution in [0.3, 0.4) is 0 Å². The van der Waals surface area contributed by atoms with E-state index in [9.17, 15) is 4.79 Å². The Labute approximate surface area is 123 Å². The number of hydrogen-bond acceptors (Lipinski definition) is 2. The molecule has 100 valence electrons. The van der Waals surface area contributed by atoms with Crippen molar-refractivity contribution in [1.29, 1.82) is 0 Å². The third kappa shape index (κ3) is 3.10. The van der Waals surface area contributed by atoms with Crippen molar-refractivity contribution < 1.29 is 9.53 Å². The lowest BCUT2D eigenvalue weighted by Crippen LogP contribution is -2.04. The predicted octanol–water partition coefficient (Wildman–Crippen LogP) is 3.80. The maximum absolute atomic E-state index is 11.8. The van der Waals surface area contributed by atoms with Crippen LogP contribution in [0.25, 0.3) is 10.8 Å². The van der Waals surface area contributed by atoms with E-state index >= 15 is 0 Å². The number of ether oxygens (including phenoxy) is 1. The van der Waals surface area contributed by atoms with Crippen LogP contribution < -0.4 is 4.74 Å². The van der Waals surface area contributed by atoms with Crippen molar-refractivity contribution in [2.24, 2.45) is 0 Å². The van der Waals surface area contributed by atoms with Gasteiger partial charge in [0.25, 0.3) is 0 Å². The molecule has 0 aromatic heterocycles. The zero-order valence-corrected chi connectivity index (χ0v) is 11.2. The molecular weight excluding hydrogens is 260 g/mol. The largest absolute Gasteiger partial charge is 0.416 e. The molecule has 3 rings (SSSR count). The molecule has 2 nitrogen and oxygen atoms in total. The van der Waals surface area contributed by atoms with Crippen LogP contribution >= 0.6 is 0 Å². The Morgan fingerprint density at radius 2 is 1.52 bits per heavy atom. The summed E-state index contributed by atoms with van der Waals surface area (Å²) in [6.07, 6.45) is 0. The van der Waals surface area contributed by atoms with Crippen LogP contribution in [0, 0.1) is 11.8 Å². The molecule has 2 heteroatoms. The highest BCUT2D eigenvalue weighted by Crippen LogP contribution is 2.25. The number of fused-ring (bicyclic) bond motifs is 1. The lowest BCUT2D eigenvalue weighted by molar-refractivity contribution is -0.127. The van der Waals surface area contributed by atoms with E-state index in [0.29, 0.717) is 5.75 Å². The average Bonchev–Trinajstić information content (AvgIpc) is 2.54. The van der Waals surface area contributed by atoms with Crippen LogP contribution in [0.2, 0.25) is 0 Å². The minimum Gasteiger partial charge on any atom is -0.416 e. The van der Waals surface area contributed by atoms with Gasteiger partial charge in [0.1, 0.15) is 5.75 Å². The highest BCUT2D eigenvalue weighted by atomic mass is 16.5. The molecule has 0 atom stereocenters. The smallest absolute Gasteiger partial charge is 0.390 e. The maximum atomic E-state index is 11.8. The van der Waals surface area contributed by atoms with Crippen molar-refractivity contribution in [2.45, 2.75) is 0 Å². The Morgan fingerprint density at radius 3 is 2.38 bits per heavy atom. The number of carbonyl (C=O) groups excluding carboxylic acids is 1. The van der Waals surface area contributed by atoms with E-state index in [2.05, 4.69) is 11.8 Å². The number of benzene rings is 3. The van der Waals surface area contributed by atoms with Gasteiger partial charge < -0.3 is 4.74 Å². The van der Waals surface area contributed by atoms with Crippen LogP contribution in [0.15, 0.2) is 72.8 Å². The molecule has 0 amide bonds.